The van der Waals surface area contributed by atoms with Gasteiger partial charge in [0.1, 0.15) is 5.52 Å². The number of imidazole rings is 1. The van der Waals surface area contributed by atoms with Gasteiger partial charge in [-0.15, -0.1) is 0 Å². The third-order valence-electron chi connectivity index (χ3n) is 3.68. The standard InChI is InChI=1S/C14H18N4O2S/c1-3-17-13-12(9(2)16-17)15-14(21-8-11(19)20)18(13)10-6-4-5-7-10/h4-5,10H,3,6-8H2,1-2H3,(H,19,20). The van der Waals surface area contributed by atoms with E-state index in [0.717, 1.165) is 41.4 Å². The number of fused-ring (bicyclic) bond motifs is 1. The van der Waals surface area contributed by atoms with Crippen molar-refractivity contribution in [3.63, 3.8) is 0 Å². The first-order valence-corrected chi connectivity index (χ1v) is 8.05. The highest BCUT2D eigenvalue weighted by molar-refractivity contribution is 7.99. The fraction of sp³-hybridized carbons (Fsp3) is 0.500. The minimum Gasteiger partial charge on any atom is -0.481 e. The Morgan fingerprint density at radius 1 is 1.48 bits per heavy atom. The summed E-state index contributed by atoms with van der Waals surface area (Å²) in [4.78, 5) is 15.5. The van der Waals surface area contributed by atoms with Crippen LogP contribution in [0.25, 0.3) is 11.2 Å². The molecule has 0 bridgehead atoms. The molecule has 0 radical (unpaired) electrons. The predicted molar refractivity (Wildman–Crippen MR) is 81.7 cm³/mol. The molecule has 0 fully saturated rings. The van der Waals surface area contributed by atoms with Crippen LogP contribution in [-0.4, -0.2) is 36.2 Å². The summed E-state index contributed by atoms with van der Waals surface area (Å²) >= 11 is 1.28. The van der Waals surface area contributed by atoms with Crippen LogP contribution < -0.4 is 0 Å². The number of thioether (sulfide) groups is 1. The van der Waals surface area contributed by atoms with E-state index in [1.807, 2.05) is 11.6 Å². The number of carboxylic acid groups (broad SMARTS) is 1. The van der Waals surface area contributed by atoms with Crippen molar-refractivity contribution in [2.45, 2.75) is 44.4 Å². The van der Waals surface area contributed by atoms with Crippen molar-refractivity contribution >= 4 is 28.9 Å². The van der Waals surface area contributed by atoms with Crippen LogP contribution in [0.1, 0.15) is 31.5 Å². The minimum atomic E-state index is -0.822. The van der Waals surface area contributed by atoms with Crippen molar-refractivity contribution in [3.8, 4) is 0 Å². The van der Waals surface area contributed by atoms with E-state index >= 15 is 0 Å². The molecule has 0 aromatic carbocycles. The number of aromatic nitrogens is 4. The lowest BCUT2D eigenvalue weighted by Gasteiger charge is -2.16. The molecule has 1 aliphatic rings. The summed E-state index contributed by atoms with van der Waals surface area (Å²) in [7, 11) is 0. The third-order valence-corrected chi connectivity index (χ3v) is 4.62. The Kier molecular flexibility index (Phi) is 3.75. The van der Waals surface area contributed by atoms with Gasteiger partial charge in [-0.1, -0.05) is 23.9 Å². The topological polar surface area (TPSA) is 72.9 Å². The molecule has 0 amide bonds. The van der Waals surface area contributed by atoms with E-state index in [9.17, 15) is 4.79 Å². The fourth-order valence-corrected chi connectivity index (χ4v) is 3.54. The SMILES string of the molecule is CCn1nc(C)c2nc(SCC(=O)O)n(C3CC=CC3)c21. The van der Waals surface area contributed by atoms with Gasteiger partial charge in [-0.3, -0.25) is 4.79 Å². The van der Waals surface area contributed by atoms with Gasteiger partial charge in [-0.05, 0) is 26.7 Å². The average molecular weight is 306 g/mol. The number of aliphatic carboxylic acids is 1. The molecule has 112 valence electrons. The molecule has 0 saturated heterocycles. The maximum Gasteiger partial charge on any atom is 0.313 e. The summed E-state index contributed by atoms with van der Waals surface area (Å²) in [6.07, 6.45) is 6.25. The zero-order valence-corrected chi connectivity index (χ0v) is 12.9. The normalized spacial score (nSPS) is 15.3. The van der Waals surface area contributed by atoms with E-state index in [-0.39, 0.29) is 5.75 Å². The number of hydrogen-bond acceptors (Lipinski definition) is 4. The van der Waals surface area contributed by atoms with E-state index in [1.54, 1.807) is 0 Å². The van der Waals surface area contributed by atoms with Crippen LogP contribution >= 0.6 is 11.8 Å². The number of hydrogen-bond donors (Lipinski definition) is 1. The average Bonchev–Trinajstić information content (AvgIpc) is 3.13. The lowest BCUT2D eigenvalue weighted by Crippen LogP contribution is -2.11. The highest BCUT2D eigenvalue weighted by Gasteiger charge is 2.25. The summed E-state index contributed by atoms with van der Waals surface area (Å²) in [5.74, 6) is -0.796. The maximum atomic E-state index is 10.9. The summed E-state index contributed by atoms with van der Waals surface area (Å²) in [6.45, 7) is 4.78. The molecule has 0 spiro atoms. The Morgan fingerprint density at radius 2 is 2.19 bits per heavy atom. The molecule has 7 heteroatoms. The third kappa shape index (κ3) is 2.46. The molecular weight excluding hydrogens is 288 g/mol. The Morgan fingerprint density at radius 3 is 2.81 bits per heavy atom. The number of allylic oxidation sites excluding steroid dienone is 2. The summed E-state index contributed by atoms with van der Waals surface area (Å²) in [5.41, 5.74) is 2.79. The molecule has 6 nitrogen and oxygen atoms in total. The zero-order chi connectivity index (χ0) is 15.0. The van der Waals surface area contributed by atoms with Crippen LogP contribution in [0.4, 0.5) is 0 Å². The first kappa shape index (κ1) is 14.2. The van der Waals surface area contributed by atoms with Crippen LogP contribution in [0.2, 0.25) is 0 Å². The van der Waals surface area contributed by atoms with E-state index in [1.165, 1.54) is 11.8 Å². The van der Waals surface area contributed by atoms with Gasteiger partial charge in [0.25, 0.3) is 0 Å². The van der Waals surface area contributed by atoms with Gasteiger partial charge in [0.05, 0.1) is 11.4 Å². The summed E-state index contributed by atoms with van der Waals surface area (Å²) < 4.78 is 4.13. The molecule has 0 atom stereocenters. The monoisotopic (exact) mass is 306 g/mol. The Bertz CT molecular complexity index is 708. The van der Waals surface area contributed by atoms with Crippen molar-refractivity contribution in [2.24, 2.45) is 0 Å². The Labute approximate surface area is 126 Å². The Balaban J connectivity index is 2.11. The van der Waals surface area contributed by atoms with Crippen LogP contribution in [0, 0.1) is 6.92 Å². The molecule has 0 unspecified atom stereocenters. The number of aryl methyl sites for hydroxylation is 2. The second-order valence-corrected chi connectivity index (χ2v) is 6.06. The number of carboxylic acids is 1. The first-order chi connectivity index (χ1) is 10.1. The van der Waals surface area contributed by atoms with Gasteiger partial charge < -0.3 is 9.67 Å². The van der Waals surface area contributed by atoms with Gasteiger partial charge >= 0.3 is 5.97 Å². The molecule has 0 aliphatic heterocycles. The van der Waals surface area contributed by atoms with Gasteiger partial charge in [-0.2, -0.15) is 5.10 Å². The zero-order valence-electron chi connectivity index (χ0n) is 12.1. The number of rotatable bonds is 5. The molecule has 2 aromatic heterocycles. The van der Waals surface area contributed by atoms with E-state index in [4.69, 9.17) is 5.11 Å². The van der Waals surface area contributed by atoms with Crippen LogP contribution in [0.15, 0.2) is 17.3 Å². The molecule has 3 rings (SSSR count). The highest BCUT2D eigenvalue weighted by Crippen LogP contribution is 2.34. The molecule has 2 aromatic rings. The van der Waals surface area contributed by atoms with Gasteiger partial charge in [-0.25, -0.2) is 9.67 Å². The van der Waals surface area contributed by atoms with Crippen molar-refractivity contribution < 1.29 is 9.90 Å². The number of nitrogens with zero attached hydrogens (tertiary/aromatic N) is 4. The van der Waals surface area contributed by atoms with Crippen molar-refractivity contribution in [1.29, 1.82) is 0 Å². The van der Waals surface area contributed by atoms with E-state index < -0.39 is 5.97 Å². The molecular formula is C14H18N4O2S. The van der Waals surface area contributed by atoms with E-state index in [2.05, 4.69) is 33.7 Å². The van der Waals surface area contributed by atoms with E-state index in [0.29, 0.717) is 6.04 Å². The second-order valence-electron chi connectivity index (χ2n) is 5.12. The minimum absolute atomic E-state index is 0.0261. The largest absolute Gasteiger partial charge is 0.481 e. The molecule has 21 heavy (non-hydrogen) atoms. The highest BCUT2D eigenvalue weighted by atomic mass is 32.2. The molecule has 1 N–H and O–H groups in total. The smallest absolute Gasteiger partial charge is 0.313 e. The molecule has 2 heterocycles. The second kappa shape index (κ2) is 5.55. The summed E-state index contributed by atoms with van der Waals surface area (Å²) in [5, 5.41) is 14.2. The van der Waals surface area contributed by atoms with Crippen LogP contribution in [0.3, 0.4) is 0 Å². The van der Waals surface area contributed by atoms with Crippen LogP contribution in [0.5, 0.6) is 0 Å². The lowest BCUT2D eigenvalue weighted by atomic mass is 10.2. The van der Waals surface area contributed by atoms with Crippen molar-refractivity contribution in [2.75, 3.05) is 5.75 Å². The van der Waals surface area contributed by atoms with Gasteiger partial charge in [0.2, 0.25) is 0 Å². The molecule has 0 saturated carbocycles. The molecule has 1 aliphatic carbocycles. The maximum absolute atomic E-state index is 10.9. The summed E-state index contributed by atoms with van der Waals surface area (Å²) in [6, 6.07) is 0.313. The van der Waals surface area contributed by atoms with Crippen LogP contribution in [-0.2, 0) is 11.3 Å². The van der Waals surface area contributed by atoms with Crippen molar-refractivity contribution in [1.82, 2.24) is 19.3 Å². The van der Waals surface area contributed by atoms with Gasteiger partial charge in [0, 0.05) is 12.6 Å². The van der Waals surface area contributed by atoms with Crippen molar-refractivity contribution in [3.05, 3.63) is 17.8 Å². The fourth-order valence-electron chi connectivity index (χ4n) is 2.76. The quantitative estimate of drug-likeness (QED) is 0.679. The first-order valence-electron chi connectivity index (χ1n) is 7.06. The Hall–Kier alpha value is -1.76. The van der Waals surface area contributed by atoms with Gasteiger partial charge in [0.15, 0.2) is 10.8 Å². The predicted octanol–water partition coefficient (Wildman–Crippen LogP) is 2.63. The number of carbonyl (C=O) groups is 1. The lowest BCUT2D eigenvalue weighted by molar-refractivity contribution is -0.133.